The lowest BCUT2D eigenvalue weighted by molar-refractivity contribution is 0.341. The normalized spacial score (nSPS) is 10.1. The second kappa shape index (κ2) is 4.66. The summed E-state index contributed by atoms with van der Waals surface area (Å²) in [5, 5.41) is 0. The molecule has 0 fully saturated rings. The zero-order valence-electron chi connectivity index (χ0n) is 9.07. The summed E-state index contributed by atoms with van der Waals surface area (Å²) in [6.07, 6.45) is 1.69. The molecular formula is C13H13NO2. The van der Waals surface area contributed by atoms with Gasteiger partial charge in [-0.05, 0) is 19.1 Å². The lowest BCUT2D eigenvalue weighted by Crippen LogP contribution is -2.02. The van der Waals surface area contributed by atoms with E-state index < -0.39 is 0 Å². The van der Waals surface area contributed by atoms with Crippen LogP contribution in [0.15, 0.2) is 47.4 Å². The monoisotopic (exact) mass is 215 g/mol. The summed E-state index contributed by atoms with van der Waals surface area (Å²) in [4.78, 5) is 13.6. The quantitative estimate of drug-likeness (QED) is 0.854. The van der Waals surface area contributed by atoms with Crippen LogP contribution in [-0.4, -0.2) is 11.6 Å². The molecule has 1 aromatic carbocycles. The van der Waals surface area contributed by atoms with Gasteiger partial charge in [0.1, 0.15) is 5.75 Å². The summed E-state index contributed by atoms with van der Waals surface area (Å²) in [6.45, 7) is 2.57. The lowest BCUT2D eigenvalue weighted by Gasteiger charge is -2.09. The van der Waals surface area contributed by atoms with Gasteiger partial charge in [-0.1, -0.05) is 18.2 Å². The molecule has 0 atom stereocenters. The van der Waals surface area contributed by atoms with Gasteiger partial charge in [-0.15, -0.1) is 0 Å². The number of para-hydroxylation sites is 1. The molecule has 0 aliphatic carbocycles. The van der Waals surface area contributed by atoms with Gasteiger partial charge in [0.05, 0.1) is 6.61 Å². The van der Waals surface area contributed by atoms with Crippen molar-refractivity contribution in [1.82, 2.24) is 4.98 Å². The third kappa shape index (κ3) is 2.14. The number of aromatic amines is 1. The first-order valence-corrected chi connectivity index (χ1v) is 5.22. The Hall–Kier alpha value is -2.03. The summed E-state index contributed by atoms with van der Waals surface area (Å²) < 4.78 is 5.53. The maximum absolute atomic E-state index is 11.0. The molecule has 0 saturated heterocycles. The Morgan fingerprint density at radius 2 is 2.00 bits per heavy atom. The minimum absolute atomic E-state index is 0.0994. The number of pyridine rings is 1. The Morgan fingerprint density at radius 1 is 1.19 bits per heavy atom. The summed E-state index contributed by atoms with van der Waals surface area (Å²) in [5.74, 6) is 0.831. The topological polar surface area (TPSA) is 42.1 Å². The van der Waals surface area contributed by atoms with Gasteiger partial charge in [0.25, 0.3) is 0 Å². The van der Waals surface area contributed by atoms with Gasteiger partial charge in [0.15, 0.2) is 0 Å². The smallest absolute Gasteiger partial charge is 0.247 e. The molecule has 0 aliphatic heterocycles. The lowest BCUT2D eigenvalue weighted by atomic mass is 10.1. The standard InChI is InChI=1S/C13H13NO2/c1-2-16-12-6-4-3-5-11(12)10-7-8-13(15)14-9-10/h3-9H,2H2,1H3,(H,14,15). The minimum atomic E-state index is -0.0994. The molecule has 16 heavy (non-hydrogen) atoms. The van der Waals surface area contributed by atoms with Crippen molar-refractivity contribution in [2.45, 2.75) is 6.92 Å². The number of benzene rings is 1. The zero-order valence-corrected chi connectivity index (χ0v) is 9.07. The Bertz CT molecular complexity index is 511. The molecule has 0 aliphatic rings. The fourth-order valence-corrected chi connectivity index (χ4v) is 1.56. The second-order valence-electron chi connectivity index (χ2n) is 3.37. The molecule has 2 rings (SSSR count). The van der Waals surface area contributed by atoms with Crippen molar-refractivity contribution < 1.29 is 4.74 Å². The van der Waals surface area contributed by atoms with E-state index >= 15 is 0 Å². The van der Waals surface area contributed by atoms with Gasteiger partial charge < -0.3 is 9.72 Å². The van der Waals surface area contributed by atoms with Gasteiger partial charge in [-0.2, -0.15) is 0 Å². The molecule has 1 aromatic heterocycles. The molecule has 0 spiro atoms. The number of nitrogens with one attached hydrogen (secondary N) is 1. The van der Waals surface area contributed by atoms with E-state index in [1.165, 1.54) is 6.07 Å². The van der Waals surface area contributed by atoms with Gasteiger partial charge in [0, 0.05) is 23.4 Å². The molecule has 1 N–H and O–H groups in total. The second-order valence-corrected chi connectivity index (χ2v) is 3.37. The Balaban J connectivity index is 2.46. The van der Waals surface area contributed by atoms with Gasteiger partial charge >= 0.3 is 0 Å². The first kappa shape index (κ1) is 10.5. The number of rotatable bonds is 3. The van der Waals surface area contributed by atoms with E-state index in [1.54, 1.807) is 12.3 Å². The molecule has 3 nitrogen and oxygen atoms in total. The van der Waals surface area contributed by atoms with Crippen molar-refractivity contribution in [2.24, 2.45) is 0 Å². The number of hydrogen-bond donors (Lipinski definition) is 1. The van der Waals surface area contributed by atoms with Crippen molar-refractivity contribution in [1.29, 1.82) is 0 Å². The van der Waals surface area contributed by atoms with Crippen LogP contribution in [0.5, 0.6) is 5.75 Å². The highest BCUT2D eigenvalue weighted by Gasteiger charge is 2.04. The third-order valence-electron chi connectivity index (χ3n) is 2.28. The van der Waals surface area contributed by atoms with Crippen molar-refractivity contribution >= 4 is 0 Å². The molecule has 0 unspecified atom stereocenters. The number of ether oxygens (including phenoxy) is 1. The van der Waals surface area contributed by atoms with Crippen LogP contribution in [0.25, 0.3) is 11.1 Å². The molecule has 0 saturated carbocycles. The molecule has 3 heteroatoms. The van der Waals surface area contributed by atoms with E-state index in [-0.39, 0.29) is 5.56 Å². The largest absolute Gasteiger partial charge is 0.493 e. The highest BCUT2D eigenvalue weighted by molar-refractivity contribution is 5.69. The van der Waals surface area contributed by atoms with E-state index in [2.05, 4.69) is 4.98 Å². The van der Waals surface area contributed by atoms with Gasteiger partial charge in [0.2, 0.25) is 5.56 Å². The highest BCUT2D eigenvalue weighted by atomic mass is 16.5. The molecular weight excluding hydrogens is 202 g/mol. The Labute approximate surface area is 93.7 Å². The highest BCUT2D eigenvalue weighted by Crippen LogP contribution is 2.28. The SMILES string of the molecule is CCOc1ccccc1-c1ccc(=O)[nH]c1. The average molecular weight is 215 g/mol. The van der Waals surface area contributed by atoms with Crippen LogP contribution in [0.1, 0.15) is 6.92 Å². The summed E-state index contributed by atoms with van der Waals surface area (Å²) in [5.41, 5.74) is 1.84. The maximum atomic E-state index is 11.0. The number of H-pyrrole nitrogens is 1. The van der Waals surface area contributed by atoms with Gasteiger partial charge in [-0.3, -0.25) is 4.79 Å². The van der Waals surface area contributed by atoms with Crippen molar-refractivity contribution in [3.63, 3.8) is 0 Å². The fraction of sp³-hybridized carbons (Fsp3) is 0.154. The van der Waals surface area contributed by atoms with E-state index in [0.29, 0.717) is 6.61 Å². The van der Waals surface area contributed by atoms with E-state index in [1.807, 2.05) is 31.2 Å². The molecule has 0 radical (unpaired) electrons. The third-order valence-corrected chi connectivity index (χ3v) is 2.28. The summed E-state index contributed by atoms with van der Waals surface area (Å²) in [6, 6.07) is 11.1. The Morgan fingerprint density at radius 3 is 2.69 bits per heavy atom. The first-order chi connectivity index (χ1) is 7.81. The van der Waals surface area contributed by atoms with Crippen LogP contribution in [0.3, 0.4) is 0 Å². The van der Waals surface area contributed by atoms with Crippen molar-refractivity contribution in [3.05, 3.63) is 52.9 Å². The number of aromatic nitrogens is 1. The van der Waals surface area contributed by atoms with Crippen LogP contribution in [-0.2, 0) is 0 Å². The van der Waals surface area contributed by atoms with Crippen LogP contribution < -0.4 is 10.3 Å². The Kier molecular flexibility index (Phi) is 3.05. The molecule has 0 bridgehead atoms. The molecule has 1 heterocycles. The van der Waals surface area contributed by atoms with Crippen molar-refractivity contribution in [3.8, 4) is 16.9 Å². The summed E-state index contributed by atoms with van der Waals surface area (Å²) >= 11 is 0. The average Bonchev–Trinajstić information content (AvgIpc) is 2.32. The predicted molar refractivity (Wildman–Crippen MR) is 63.7 cm³/mol. The van der Waals surface area contributed by atoms with Crippen LogP contribution in [0.2, 0.25) is 0 Å². The molecule has 82 valence electrons. The maximum Gasteiger partial charge on any atom is 0.247 e. The first-order valence-electron chi connectivity index (χ1n) is 5.22. The minimum Gasteiger partial charge on any atom is -0.493 e. The van der Waals surface area contributed by atoms with E-state index in [9.17, 15) is 4.79 Å². The molecule has 2 aromatic rings. The summed E-state index contributed by atoms with van der Waals surface area (Å²) in [7, 11) is 0. The van der Waals surface area contributed by atoms with E-state index in [0.717, 1.165) is 16.9 Å². The van der Waals surface area contributed by atoms with Gasteiger partial charge in [-0.25, -0.2) is 0 Å². The van der Waals surface area contributed by atoms with E-state index in [4.69, 9.17) is 4.74 Å². The van der Waals surface area contributed by atoms with Crippen LogP contribution in [0.4, 0.5) is 0 Å². The predicted octanol–water partition coefficient (Wildman–Crippen LogP) is 2.44. The van der Waals surface area contributed by atoms with Crippen LogP contribution >= 0.6 is 0 Å². The van der Waals surface area contributed by atoms with Crippen LogP contribution in [0, 0.1) is 0 Å². The number of hydrogen-bond acceptors (Lipinski definition) is 2. The zero-order chi connectivity index (χ0) is 11.4. The van der Waals surface area contributed by atoms with Crippen molar-refractivity contribution in [2.75, 3.05) is 6.61 Å². The fourth-order valence-electron chi connectivity index (χ4n) is 1.56. The molecule has 0 amide bonds.